The molecule has 5 heteroatoms. The van der Waals surface area contributed by atoms with E-state index in [0.29, 0.717) is 18.3 Å². The molecule has 4 atom stereocenters. The molecule has 1 saturated carbocycles. The van der Waals surface area contributed by atoms with Crippen molar-refractivity contribution in [3.63, 3.8) is 0 Å². The summed E-state index contributed by atoms with van der Waals surface area (Å²) in [6.45, 7) is 21.6. The Balaban J connectivity index is 3.24. The maximum atomic E-state index is 13.6. The Morgan fingerprint density at radius 3 is 2.33 bits per heavy atom. The first kappa shape index (κ1) is 18.3. The van der Waals surface area contributed by atoms with Gasteiger partial charge in [0.2, 0.25) is 0 Å². The lowest BCUT2D eigenvalue weighted by atomic mass is 9.83. The van der Waals surface area contributed by atoms with Gasteiger partial charge in [-0.2, -0.15) is 0 Å². The van der Waals surface area contributed by atoms with Crippen LogP contribution in [0.5, 0.6) is 0 Å². The molecule has 0 unspecified atom stereocenters. The maximum absolute atomic E-state index is 13.6. The molecule has 1 N–H and O–H groups in total. The van der Waals surface area contributed by atoms with Crippen molar-refractivity contribution in [3.05, 3.63) is 23.3 Å². The summed E-state index contributed by atoms with van der Waals surface area (Å²) in [6, 6.07) is 0. The SMILES string of the molecule is [C-]#[N+][C@]1(CC)/C(=C/F)[C@H](O[Si](C)(C)C(C)(C)C)[C@H](O)[C@@H]1C. The van der Waals surface area contributed by atoms with Crippen molar-refractivity contribution < 1.29 is 13.9 Å². The van der Waals surface area contributed by atoms with Gasteiger partial charge in [-0.25, -0.2) is 11.0 Å². The van der Waals surface area contributed by atoms with E-state index in [1.165, 1.54) is 0 Å². The van der Waals surface area contributed by atoms with E-state index in [1.54, 1.807) is 0 Å². The van der Waals surface area contributed by atoms with E-state index in [-0.39, 0.29) is 11.0 Å². The fourth-order valence-electron chi connectivity index (χ4n) is 2.79. The molecule has 1 rings (SSSR count). The smallest absolute Gasteiger partial charge is 0.263 e. The van der Waals surface area contributed by atoms with Gasteiger partial charge in [0, 0.05) is 6.42 Å². The van der Waals surface area contributed by atoms with Crippen molar-refractivity contribution in [1.29, 1.82) is 0 Å². The first-order valence-corrected chi connectivity index (χ1v) is 10.4. The molecule has 0 heterocycles. The summed E-state index contributed by atoms with van der Waals surface area (Å²) >= 11 is 0. The molecule has 0 bridgehead atoms. The number of halogens is 1. The van der Waals surface area contributed by atoms with Crippen LogP contribution in [0.3, 0.4) is 0 Å². The van der Waals surface area contributed by atoms with Crippen molar-refractivity contribution in [3.8, 4) is 0 Å². The van der Waals surface area contributed by atoms with Crippen LogP contribution >= 0.6 is 0 Å². The van der Waals surface area contributed by atoms with E-state index in [0.717, 1.165) is 0 Å². The molecule has 3 nitrogen and oxygen atoms in total. The van der Waals surface area contributed by atoms with Gasteiger partial charge in [0.05, 0.1) is 23.9 Å². The van der Waals surface area contributed by atoms with E-state index < -0.39 is 26.1 Å². The molecule has 1 fully saturated rings. The molecule has 0 aromatic heterocycles. The van der Waals surface area contributed by atoms with Crippen LogP contribution in [0.15, 0.2) is 11.9 Å². The van der Waals surface area contributed by atoms with Gasteiger partial charge in [0.15, 0.2) is 8.32 Å². The third-order valence-electron chi connectivity index (χ3n) is 5.47. The Bertz CT molecular complexity index is 464. The molecule has 0 amide bonds. The van der Waals surface area contributed by atoms with Gasteiger partial charge in [0.25, 0.3) is 5.54 Å². The lowest BCUT2D eigenvalue weighted by Crippen LogP contribution is -2.46. The minimum Gasteiger partial charge on any atom is -0.407 e. The van der Waals surface area contributed by atoms with Crippen molar-refractivity contribution >= 4 is 8.32 Å². The van der Waals surface area contributed by atoms with Crippen molar-refractivity contribution in [1.82, 2.24) is 0 Å². The maximum Gasteiger partial charge on any atom is 0.263 e. The highest BCUT2D eigenvalue weighted by Crippen LogP contribution is 2.49. The average Bonchev–Trinajstić information content (AvgIpc) is 2.58. The minimum absolute atomic E-state index is 0.0348. The molecule has 1 aliphatic rings. The summed E-state index contributed by atoms with van der Waals surface area (Å²) in [6.07, 6.45) is -0.580. The Morgan fingerprint density at radius 2 is 2.00 bits per heavy atom. The van der Waals surface area contributed by atoms with E-state index in [1.807, 2.05) is 13.8 Å². The van der Waals surface area contributed by atoms with E-state index in [4.69, 9.17) is 11.0 Å². The summed E-state index contributed by atoms with van der Waals surface area (Å²) in [7, 11) is -2.16. The Kier molecular flexibility index (Phi) is 5.09. The molecule has 0 radical (unpaired) electrons. The number of nitrogens with zero attached hydrogens (tertiary/aromatic N) is 1. The quantitative estimate of drug-likeness (QED) is 0.622. The van der Waals surface area contributed by atoms with Crippen LogP contribution in [0, 0.1) is 12.5 Å². The standard InChI is InChI=1S/C16H28FNO2Si/c1-9-16(18-6)11(2)13(19)14(12(16)10-17)20-21(7,8)15(3,4)5/h10-11,13-14,19H,9H2,1-5,7-8H3/b12-10+/t11-,13+,14-,16-/m0/s1. The largest absolute Gasteiger partial charge is 0.407 e. The summed E-state index contributed by atoms with van der Waals surface area (Å²) in [5.74, 6) is -0.336. The average molecular weight is 313 g/mol. The van der Waals surface area contributed by atoms with Crippen LogP contribution in [-0.4, -0.2) is 31.2 Å². The third-order valence-corrected chi connectivity index (χ3v) is 9.92. The van der Waals surface area contributed by atoms with Gasteiger partial charge in [-0.15, -0.1) is 0 Å². The highest BCUT2D eigenvalue weighted by atomic mass is 28.4. The van der Waals surface area contributed by atoms with Gasteiger partial charge in [-0.1, -0.05) is 34.6 Å². The number of hydrogen-bond acceptors (Lipinski definition) is 2. The first-order valence-electron chi connectivity index (χ1n) is 7.53. The van der Waals surface area contributed by atoms with Crippen LogP contribution in [-0.2, 0) is 4.43 Å². The normalized spacial score (nSPS) is 36.0. The fourth-order valence-corrected chi connectivity index (χ4v) is 4.05. The van der Waals surface area contributed by atoms with Gasteiger partial charge in [-0.3, -0.25) is 0 Å². The minimum atomic E-state index is -2.16. The van der Waals surface area contributed by atoms with E-state index in [9.17, 15) is 9.50 Å². The third kappa shape index (κ3) is 2.81. The summed E-state index contributed by atoms with van der Waals surface area (Å²) in [5, 5.41) is 10.5. The lowest BCUT2D eigenvalue weighted by Gasteiger charge is -2.39. The molecule has 21 heavy (non-hydrogen) atoms. The molecule has 0 saturated heterocycles. The second-order valence-corrected chi connectivity index (χ2v) is 12.3. The zero-order valence-corrected chi connectivity index (χ0v) is 15.2. The van der Waals surface area contributed by atoms with E-state index >= 15 is 0 Å². The number of aliphatic hydroxyl groups excluding tert-OH is 1. The molecule has 1 aliphatic carbocycles. The molecular weight excluding hydrogens is 285 g/mol. The number of hydrogen-bond donors (Lipinski definition) is 1. The van der Waals surface area contributed by atoms with Gasteiger partial charge >= 0.3 is 0 Å². The Morgan fingerprint density at radius 1 is 1.48 bits per heavy atom. The topological polar surface area (TPSA) is 33.8 Å². The Hall–Kier alpha value is -0.703. The van der Waals surface area contributed by atoms with Crippen molar-refractivity contribution in [2.45, 2.75) is 76.9 Å². The summed E-state index contributed by atoms with van der Waals surface area (Å²) < 4.78 is 19.8. The van der Waals surface area contributed by atoms with Crippen LogP contribution in [0.25, 0.3) is 4.85 Å². The van der Waals surface area contributed by atoms with Gasteiger partial charge < -0.3 is 14.4 Å². The zero-order valence-electron chi connectivity index (χ0n) is 14.2. The second-order valence-electron chi connectivity index (χ2n) is 7.53. The summed E-state index contributed by atoms with van der Waals surface area (Å²) in [4.78, 5) is 3.68. The fraction of sp³-hybridized carbons (Fsp3) is 0.812. The molecule has 0 aromatic rings. The van der Waals surface area contributed by atoms with Crippen molar-refractivity contribution in [2.75, 3.05) is 0 Å². The predicted molar refractivity (Wildman–Crippen MR) is 86.1 cm³/mol. The van der Waals surface area contributed by atoms with E-state index in [2.05, 4.69) is 38.7 Å². The molecule has 0 aliphatic heterocycles. The zero-order chi connectivity index (χ0) is 16.6. The monoisotopic (exact) mass is 313 g/mol. The summed E-state index contributed by atoms with van der Waals surface area (Å²) in [5.41, 5.74) is -0.675. The number of rotatable bonds is 3. The van der Waals surface area contributed by atoms with Crippen LogP contribution in [0.2, 0.25) is 18.1 Å². The van der Waals surface area contributed by atoms with Crippen LogP contribution < -0.4 is 0 Å². The van der Waals surface area contributed by atoms with Crippen LogP contribution in [0.1, 0.15) is 41.0 Å². The lowest BCUT2D eigenvalue weighted by molar-refractivity contribution is 0.0382. The Labute approximate surface area is 129 Å². The first-order chi connectivity index (χ1) is 9.48. The highest BCUT2D eigenvalue weighted by Gasteiger charge is 2.61. The second kappa shape index (κ2) is 5.83. The number of aliphatic hydroxyl groups is 1. The molecule has 120 valence electrons. The van der Waals surface area contributed by atoms with Crippen LogP contribution in [0.4, 0.5) is 4.39 Å². The van der Waals surface area contributed by atoms with Gasteiger partial charge in [0.1, 0.15) is 6.10 Å². The molecule has 0 aromatic carbocycles. The molecule has 0 spiro atoms. The molecular formula is C16H28FNO2Si. The highest BCUT2D eigenvalue weighted by molar-refractivity contribution is 6.74. The van der Waals surface area contributed by atoms with Gasteiger partial charge in [-0.05, 0) is 18.1 Å². The van der Waals surface area contributed by atoms with Crippen molar-refractivity contribution in [2.24, 2.45) is 5.92 Å². The predicted octanol–water partition coefficient (Wildman–Crippen LogP) is 4.31.